The summed E-state index contributed by atoms with van der Waals surface area (Å²) < 4.78 is 27.0. The van der Waals surface area contributed by atoms with Crippen LogP contribution in [0.1, 0.15) is 188 Å². The van der Waals surface area contributed by atoms with Crippen molar-refractivity contribution in [1.29, 1.82) is 0 Å². The molecule has 732 valence electrons. The summed E-state index contributed by atoms with van der Waals surface area (Å²) in [4.78, 5) is 92.1. The molecule has 0 unspecified atom stereocenters. The standard InChI is InChI=1S/C18H16N2O3.C18H16N2O2S.C17H13ClN2OS.C16H18N2OS.C15H13N3OS.C14H10N2OS2.C14H14N2OS/c2*1-22-16-7-4-14(5-8-16)13-18(21)20-11-10-15(19-20)6-9-17-3-2-12-23-17;18-14-5-3-13(4-6-14)12-17(21)20-10-9-15(19-20)7-8-16-2-1-11-22-16;19-16(12-13-4-1-2-5-13)18-10-9-14(17-18)7-8-15-6-3-11-20-15;1-17-9-2-5-14(17)15(19)18-10-8-12(16-18)6-7-13-4-3-11-20-13;17-14(11-6-9-18-10-11)16-7-5-12(15-16)3-4-13-2-1-8-19-13;17-14(11-3-1-4-11)16-9-8-12(15-16)6-7-13-5-2-10-18-13/h2*2-12H,13H2,1H3;1-11H,12H2;3,6-11,13H,1-2,4-5,12H2;2-11H,1H3;1-10H;2,5-11H,1,3-4H2/b2*9-6+;2*8-7+;7-6+;4-3+;7-6+. The number of carbonyl (C=O) groups excluding carboxylic acids is 7. The Morgan fingerprint density at radius 1 is 0.345 bits per heavy atom. The molecule has 2 aliphatic carbocycles. The minimum Gasteiger partial charge on any atom is -0.497 e. The van der Waals surface area contributed by atoms with E-state index in [-0.39, 0.29) is 53.7 Å². The Kier molecular flexibility index (Phi) is 38.6. The van der Waals surface area contributed by atoms with Crippen LogP contribution in [0, 0.1) is 11.8 Å². The third-order valence-corrected chi connectivity index (χ3v) is 28.2. The van der Waals surface area contributed by atoms with Crippen molar-refractivity contribution >= 4 is 217 Å². The minimum atomic E-state index is -0.131. The average molecular weight is 2080 g/mol. The van der Waals surface area contributed by atoms with Gasteiger partial charge in [0.2, 0.25) is 11.8 Å². The number of aromatic nitrogens is 15. The third-order valence-electron chi connectivity index (χ3n) is 22.3. The fourth-order valence-electron chi connectivity index (χ4n) is 14.3. The number of hydrogen-bond acceptors (Lipinski definition) is 24. The van der Waals surface area contributed by atoms with Crippen molar-refractivity contribution in [3.63, 3.8) is 0 Å². The molecule has 145 heavy (non-hydrogen) atoms. The van der Waals surface area contributed by atoms with E-state index in [1.165, 1.54) is 90.8 Å². The number of benzene rings is 3. The summed E-state index contributed by atoms with van der Waals surface area (Å²) in [5.41, 5.74) is 9.47. The average Bonchev–Trinajstić information content (AvgIpc) is 1.70. The lowest BCUT2D eigenvalue weighted by Gasteiger charge is -2.22. The number of nitrogens with zero attached hydrogens (tertiary/aromatic N) is 15. The van der Waals surface area contributed by atoms with Gasteiger partial charge in [0.25, 0.3) is 29.5 Å². The number of rotatable bonds is 27. The van der Waals surface area contributed by atoms with Gasteiger partial charge < -0.3 is 18.5 Å². The largest absolute Gasteiger partial charge is 0.497 e. The first kappa shape index (κ1) is 104. The van der Waals surface area contributed by atoms with Gasteiger partial charge in [-0.15, -0.1) is 68.0 Å². The second-order valence-electron chi connectivity index (χ2n) is 32.6. The molecule has 2 fully saturated rings. The Hall–Kier alpha value is -15.7. The minimum absolute atomic E-state index is 0.0639. The highest BCUT2D eigenvalue weighted by atomic mass is 35.5. The Morgan fingerprint density at radius 3 is 1.01 bits per heavy atom. The van der Waals surface area contributed by atoms with Crippen molar-refractivity contribution in [2.45, 2.75) is 70.6 Å². The zero-order valence-electron chi connectivity index (χ0n) is 79.1. The molecular formula is C112H100ClN15O10S7. The van der Waals surface area contributed by atoms with E-state index in [1.54, 1.807) is 179 Å². The van der Waals surface area contributed by atoms with E-state index in [0.29, 0.717) is 47.2 Å². The maximum atomic E-state index is 12.3. The lowest BCUT2D eigenvalue weighted by atomic mass is 9.85. The van der Waals surface area contributed by atoms with E-state index in [9.17, 15) is 33.6 Å². The first-order valence-electron chi connectivity index (χ1n) is 46.2. The fourth-order valence-corrected chi connectivity index (χ4v) is 18.8. The van der Waals surface area contributed by atoms with Crippen molar-refractivity contribution in [3.05, 3.63) is 425 Å². The number of thiophene rings is 7. The normalized spacial score (nSPS) is 12.4. The highest BCUT2D eigenvalue weighted by Gasteiger charge is 2.27. The molecule has 16 heterocycles. The van der Waals surface area contributed by atoms with E-state index in [0.717, 1.165) is 95.6 Å². The Balaban J connectivity index is 0.000000127. The van der Waals surface area contributed by atoms with Gasteiger partial charge in [-0.2, -0.15) is 47.0 Å². The molecular weight excluding hydrogens is 1980 g/mol. The number of halogens is 1. The van der Waals surface area contributed by atoms with Crippen molar-refractivity contribution in [2.75, 3.05) is 14.2 Å². The van der Waals surface area contributed by atoms with E-state index >= 15 is 0 Å². The van der Waals surface area contributed by atoms with E-state index < -0.39 is 0 Å². The summed E-state index contributed by atoms with van der Waals surface area (Å²) in [6.45, 7) is 0. The quantitative estimate of drug-likeness (QED) is 0.0462. The number of hydrogen-bond donors (Lipinski definition) is 0. The van der Waals surface area contributed by atoms with Gasteiger partial charge in [0.15, 0.2) is 0 Å². The molecule has 21 rings (SSSR count). The molecule has 0 aliphatic heterocycles. The summed E-state index contributed by atoms with van der Waals surface area (Å²) in [5, 5.41) is 46.6. The summed E-state index contributed by atoms with van der Waals surface area (Å²) in [5.74, 6) is 2.85. The first-order chi connectivity index (χ1) is 70.9. The summed E-state index contributed by atoms with van der Waals surface area (Å²) in [6, 6.07) is 68.4. The number of ether oxygens (including phenoxy) is 2. The van der Waals surface area contributed by atoms with Crippen LogP contribution < -0.4 is 9.47 Å². The Bertz CT molecular complexity index is 7340. The SMILES string of the molecule is COc1ccc(CC(=O)n2ccc(/C=C/c3ccco3)n2)cc1.COc1ccc(CC(=O)n2ccc(/C=C/c3cccs3)n2)cc1.Cn1cccc1C(=O)n1ccc(/C=C/c2cccs2)n1.O=C(C1CCC1)n1ccc(/C=C/c2cccs2)n1.O=C(CC1CCCC1)n1ccc(/C=C/c2cccs2)n1.O=C(Cc1ccc(Cl)cc1)n1ccc(/C=C/c2cccs2)n1.O=C(c1ccsc1)n1ccc(/C=C/c2cccs2)n1. The summed E-state index contributed by atoms with van der Waals surface area (Å²) in [6.07, 6.45) is 52.2. The second kappa shape index (κ2) is 54.0. The predicted octanol–water partition coefficient (Wildman–Crippen LogP) is 27.1. The van der Waals surface area contributed by atoms with E-state index in [4.69, 9.17) is 25.5 Å². The molecule has 2 aliphatic rings. The van der Waals surface area contributed by atoms with Crippen LogP contribution in [0.2, 0.25) is 5.02 Å². The van der Waals surface area contributed by atoms with Crippen LogP contribution in [0.15, 0.2) is 322 Å². The fraction of sp³-hybridized carbons (Fsp3) is 0.143. The molecule has 0 bridgehead atoms. The molecule has 0 atom stereocenters. The van der Waals surface area contributed by atoms with Crippen LogP contribution in [0.5, 0.6) is 11.5 Å². The molecule has 33 heteroatoms. The zero-order valence-corrected chi connectivity index (χ0v) is 85.6. The highest BCUT2D eigenvalue weighted by Crippen LogP contribution is 2.30. The lowest BCUT2D eigenvalue weighted by Crippen LogP contribution is -2.27. The van der Waals surface area contributed by atoms with Gasteiger partial charge in [0.05, 0.1) is 85.2 Å². The summed E-state index contributed by atoms with van der Waals surface area (Å²) >= 11 is 17.4. The topological polar surface area (TPSA) is 281 Å². The maximum Gasteiger partial charge on any atom is 0.294 e. The zero-order chi connectivity index (χ0) is 101. The van der Waals surface area contributed by atoms with Gasteiger partial charge in [-0.05, 0) is 317 Å². The second-order valence-corrected chi connectivity index (χ2v) is 39.7. The van der Waals surface area contributed by atoms with Gasteiger partial charge in [0.1, 0.15) is 23.0 Å². The van der Waals surface area contributed by atoms with Crippen LogP contribution in [0.4, 0.5) is 0 Å². The molecule has 19 aromatic rings. The number of aryl methyl sites for hydroxylation is 1. The van der Waals surface area contributed by atoms with Crippen LogP contribution in [-0.2, 0) is 26.3 Å². The Labute approximate surface area is 871 Å². The molecule has 25 nitrogen and oxygen atoms in total. The van der Waals surface area contributed by atoms with Crippen molar-refractivity contribution in [1.82, 2.24) is 73.0 Å². The molecule has 3 aromatic carbocycles. The predicted molar refractivity (Wildman–Crippen MR) is 587 cm³/mol. The molecule has 16 aromatic heterocycles. The lowest BCUT2D eigenvalue weighted by molar-refractivity contribution is 0.0745. The number of carbonyl (C=O) groups is 7. The van der Waals surface area contributed by atoms with Gasteiger partial charge in [-0.25, -0.2) is 32.8 Å². The molecule has 0 saturated heterocycles. The van der Waals surface area contributed by atoms with Crippen molar-refractivity contribution < 1.29 is 47.5 Å². The summed E-state index contributed by atoms with van der Waals surface area (Å²) in [7, 11) is 5.07. The molecule has 0 N–H and O–H groups in total. The van der Waals surface area contributed by atoms with E-state index in [1.807, 2.05) is 305 Å². The monoisotopic (exact) mass is 2070 g/mol. The van der Waals surface area contributed by atoms with Gasteiger partial charge >= 0.3 is 0 Å². The van der Waals surface area contributed by atoms with E-state index in [2.05, 4.69) is 47.8 Å². The molecule has 0 spiro atoms. The van der Waals surface area contributed by atoms with Crippen LogP contribution >= 0.6 is 91.0 Å². The van der Waals surface area contributed by atoms with Gasteiger partial charge in [0, 0.05) is 109 Å². The smallest absolute Gasteiger partial charge is 0.294 e. The van der Waals surface area contributed by atoms with Crippen molar-refractivity contribution in [3.8, 4) is 11.5 Å². The van der Waals surface area contributed by atoms with Crippen molar-refractivity contribution in [2.24, 2.45) is 18.9 Å². The van der Waals surface area contributed by atoms with Crippen LogP contribution in [0.25, 0.3) is 85.1 Å². The van der Waals surface area contributed by atoms with Gasteiger partial charge in [-0.3, -0.25) is 33.6 Å². The van der Waals surface area contributed by atoms with Crippen LogP contribution in [-0.4, -0.2) is 129 Å². The Morgan fingerprint density at radius 2 is 0.690 bits per heavy atom. The third kappa shape index (κ3) is 32.4. The van der Waals surface area contributed by atoms with Gasteiger partial charge in [-0.1, -0.05) is 104 Å². The first-order valence-corrected chi connectivity index (χ1v) is 52.8. The highest BCUT2D eigenvalue weighted by molar-refractivity contribution is 7.12. The molecule has 0 amide bonds. The van der Waals surface area contributed by atoms with Crippen LogP contribution in [0.3, 0.4) is 0 Å². The maximum absolute atomic E-state index is 12.3. The number of methoxy groups -OCH3 is 2. The number of furan rings is 1. The molecule has 0 radical (unpaired) electrons. The molecule has 2 saturated carbocycles.